The quantitative estimate of drug-likeness (QED) is 0.582. The first kappa shape index (κ1) is 22.1. The van der Waals surface area contributed by atoms with Crippen molar-refractivity contribution in [3.63, 3.8) is 0 Å². The lowest BCUT2D eigenvalue weighted by Crippen LogP contribution is -2.48. The molecule has 1 saturated heterocycles. The first-order valence-electron chi connectivity index (χ1n) is 11.4. The minimum atomic E-state index is 0.146. The van der Waals surface area contributed by atoms with Crippen molar-refractivity contribution in [3.8, 4) is 0 Å². The van der Waals surface area contributed by atoms with Gasteiger partial charge in [-0.3, -0.25) is 4.99 Å². The second-order valence-electron chi connectivity index (χ2n) is 9.88. The van der Waals surface area contributed by atoms with Gasteiger partial charge in [0.25, 0.3) is 0 Å². The molecule has 1 fully saturated rings. The standard InChI is InChI=1S/C22H40N6O/c1-7-23-21(24-13-16-9-8-12-29-19(16)22(4,5)6)25-17-10-11-18-26-20(15(2)3)27-28(18)14-17/h15-17,19H,7-14H2,1-6H3,(H2,23,24,25). The van der Waals surface area contributed by atoms with Crippen molar-refractivity contribution in [1.82, 2.24) is 25.4 Å². The van der Waals surface area contributed by atoms with Crippen LogP contribution >= 0.6 is 0 Å². The molecule has 7 heteroatoms. The van der Waals surface area contributed by atoms with Crippen LogP contribution in [0.5, 0.6) is 0 Å². The van der Waals surface area contributed by atoms with E-state index in [0.29, 0.717) is 17.9 Å². The van der Waals surface area contributed by atoms with Gasteiger partial charge in [-0.2, -0.15) is 5.10 Å². The molecule has 0 saturated carbocycles. The Kier molecular flexibility index (Phi) is 7.19. The lowest BCUT2D eigenvalue weighted by atomic mass is 9.78. The van der Waals surface area contributed by atoms with Gasteiger partial charge in [0.15, 0.2) is 11.8 Å². The van der Waals surface area contributed by atoms with E-state index < -0.39 is 0 Å². The lowest BCUT2D eigenvalue weighted by Gasteiger charge is -2.39. The van der Waals surface area contributed by atoms with Gasteiger partial charge in [-0.25, -0.2) is 9.67 Å². The molecule has 3 heterocycles. The van der Waals surface area contributed by atoms with Crippen molar-refractivity contribution in [3.05, 3.63) is 11.6 Å². The summed E-state index contributed by atoms with van der Waals surface area (Å²) >= 11 is 0. The van der Waals surface area contributed by atoms with Crippen molar-refractivity contribution >= 4 is 5.96 Å². The van der Waals surface area contributed by atoms with Crippen molar-refractivity contribution in [2.24, 2.45) is 16.3 Å². The fourth-order valence-corrected chi connectivity index (χ4v) is 4.40. The van der Waals surface area contributed by atoms with Crippen LogP contribution in [0, 0.1) is 11.3 Å². The molecule has 3 atom stereocenters. The highest BCUT2D eigenvalue weighted by molar-refractivity contribution is 5.80. The molecule has 3 rings (SSSR count). The number of hydrogen-bond donors (Lipinski definition) is 2. The Hall–Kier alpha value is -1.63. The summed E-state index contributed by atoms with van der Waals surface area (Å²) in [6.07, 6.45) is 4.60. The Morgan fingerprint density at radius 3 is 2.79 bits per heavy atom. The number of aryl methyl sites for hydroxylation is 1. The summed E-state index contributed by atoms with van der Waals surface area (Å²) < 4.78 is 8.20. The normalized spacial score (nSPS) is 25.8. The zero-order valence-electron chi connectivity index (χ0n) is 19.2. The monoisotopic (exact) mass is 404 g/mol. The predicted molar refractivity (Wildman–Crippen MR) is 117 cm³/mol. The van der Waals surface area contributed by atoms with E-state index in [4.69, 9.17) is 19.8 Å². The molecule has 1 aromatic heterocycles. The van der Waals surface area contributed by atoms with Gasteiger partial charge in [-0.15, -0.1) is 0 Å². The Morgan fingerprint density at radius 1 is 1.31 bits per heavy atom. The van der Waals surface area contributed by atoms with E-state index >= 15 is 0 Å². The average Bonchev–Trinajstić information content (AvgIpc) is 3.09. The Morgan fingerprint density at radius 2 is 2.10 bits per heavy atom. The topological polar surface area (TPSA) is 76.4 Å². The molecular weight excluding hydrogens is 364 g/mol. The zero-order chi connectivity index (χ0) is 21.0. The summed E-state index contributed by atoms with van der Waals surface area (Å²) in [4.78, 5) is 9.65. The van der Waals surface area contributed by atoms with Gasteiger partial charge < -0.3 is 15.4 Å². The summed E-state index contributed by atoms with van der Waals surface area (Å²) in [5, 5.41) is 11.8. The van der Waals surface area contributed by atoms with E-state index in [1.54, 1.807) is 0 Å². The fraction of sp³-hybridized carbons (Fsp3) is 0.864. The third kappa shape index (κ3) is 5.71. The minimum absolute atomic E-state index is 0.146. The van der Waals surface area contributed by atoms with Crippen LogP contribution < -0.4 is 10.6 Å². The number of hydrogen-bond acceptors (Lipinski definition) is 4. The molecule has 164 valence electrons. The average molecular weight is 405 g/mol. The summed E-state index contributed by atoms with van der Waals surface area (Å²) in [5.74, 6) is 3.81. The van der Waals surface area contributed by atoms with Crippen LogP contribution in [-0.4, -0.2) is 52.6 Å². The van der Waals surface area contributed by atoms with E-state index in [9.17, 15) is 0 Å². The maximum Gasteiger partial charge on any atom is 0.191 e. The van der Waals surface area contributed by atoms with Gasteiger partial charge in [0.2, 0.25) is 0 Å². The molecule has 29 heavy (non-hydrogen) atoms. The Bertz CT molecular complexity index is 690. The van der Waals surface area contributed by atoms with Gasteiger partial charge in [0.1, 0.15) is 5.82 Å². The lowest BCUT2D eigenvalue weighted by molar-refractivity contribution is -0.0823. The number of rotatable bonds is 5. The summed E-state index contributed by atoms with van der Waals surface area (Å²) in [7, 11) is 0. The third-order valence-corrected chi connectivity index (χ3v) is 5.86. The van der Waals surface area contributed by atoms with Crippen LogP contribution in [0.25, 0.3) is 0 Å². The van der Waals surface area contributed by atoms with Gasteiger partial charge in [0, 0.05) is 44.0 Å². The summed E-state index contributed by atoms with van der Waals surface area (Å²) in [5.41, 5.74) is 0.146. The molecule has 1 aromatic rings. The second kappa shape index (κ2) is 9.45. The molecular formula is C22H40N6O. The van der Waals surface area contributed by atoms with E-state index in [2.05, 4.69) is 56.9 Å². The predicted octanol–water partition coefficient (Wildman–Crippen LogP) is 3.11. The number of aromatic nitrogens is 3. The SMILES string of the molecule is CCNC(=NCC1CCCOC1C(C)(C)C)NC1CCc2nc(C(C)C)nn2C1. The van der Waals surface area contributed by atoms with E-state index in [-0.39, 0.29) is 11.5 Å². The molecule has 0 bridgehead atoms. The van der Waals surface area contributed by atoms with Gasteiger partial charge in [-0.05, 0) is 31.6 Å². The number of fused-ring (bicyclic) bond motifs is 1. The van der Waals surface area contributed by atoms with Crippen molar-refractivity contribution in [2.45, 2.75) is 91.8 Å². The second-order valence-corrected chi connectivity index (χ2v) is 9.88. The molecule has 2 N–H and O–H groups in total. The van der Waals surface area contributed by atoms with Crippen molar-refractivity contribution in [2.75, 3.05) is 19.7 Å². The highest BCUT2D eigenvalue weighted by Gasteiger charge is 2.35. The van der Waals surface area contributed by atoms with E-state index in [0.717, 1.165) is 63.1 Å². The molecule has 2 aliphatic heterocycles. The van der Waals surface area contributed by atoms with E-state index in [1.807, 2.05) is 0 Å². The molecule has 2 aliphatic rings. The molecule has 0 radical (unpaired) electrons. The Balaban J connectivity index is 1.63. The maximum absolute atomic E-state index is 6.13. The zero-order valence-corrected chi connectivity index (χ0v) is 19.2. The molecule has 7 nitrogen and oxygen atoms in total. The molecule has 3 unspecified atom stereocenters. The summed E-state index contributed by atoms with van der Waals surface area (Å²) in [6, 6.07) is 0.322. The number of aliphatic imine (C=N–C) groups is 1. The first-order chi connectivity index (χ1) is 13.8. The number of nitrogens with zero attached hydrogens (tertiary/aromatic N) is 4. The van der Waals surface area contributed by atoms with Crippen LogP contribution in [0.1, 0.15) is 78.4 Å². The number of ether oxygens (including phenoxy) is 1. The highest BCUT2D eigenvalue weighted by atomic mass is 16.5. The maximum atomic E-state index is 6.13. The van der Waals surface area contributed by atoms with Crippen LogP contribution in [-0.2, 0) is 17.7 Å². The Labute approximate surface area is 176 Å². The highest BCUT2D eigenvalue weighted by Crippen LogP contribution is 2.34. The largest absolute Gasteiger partial charge is 0.377 e. The molecule has 0 aliphatic carbocycles. The summed E-state index contributed by atoms with van der Waals surface area (Å²) in [6.45, 7) is 16.6. The van der Waals surface area contributed by atoms with Gasteiger partial charge >= 0.3 is 0 Å². The van der Waals surface area contributed by atoms with Crippen molar-refractivity contribution in [1.29, 1.82) is 0 Å². The van der Waals surface area contributed by atoms with Gasteiger partial charge in [-0.1, -0.05) is 34.6 Å². The third-order valence-electron chi connectivity index (χ3n) is 5.86. The minimum Gasteiger partial charge on any atom is -0.377 e. The van der Waals surface area contributed by atoms with E-state index in [1.165, 1.54) is 6.42 Å². The first-order valence-corrected chi connectivity index (χ1v) is 11.4. The molecule has 0 spiro atoms. The smallest absolute Gasteiger partial charge is 0.191 e. The number of guanidine groups is 1. The fourth-order valence-electron chi connectivity index (χ4n) is 4.40. The van der Waals surface area contributed by atoms with Crippen LogP contribution in [0.2, 0.25) is 0 Å². The van der Waals surface area contributed by atoms with Crippen molar-refractivity contribution < 1.29 is 4.74 Å². The van der Waals surface area contributed by atoms with Crippen LogP contribution in [0.3, 0.4) is 0 Å². The van der Waals surface area contributed by atoms with Crippen LogP contribution in [0.4, 0.5) is 0 Å². The molecule has 0 aromatic carbocycles. The number of nitrogens with one attached hydrogen (secondary N) is 2. The van der Waals surface area contributed by atoms with Gasteiger partial charge in [0.05, 0.1) is 12.6 Å². The van der Waals surface area contributed by atoms with Crippen LogP contribution in [0.15, 0.2) is 4.99 Å². The molecule has 0 amide bonds.